The fraction of sp³-hybridized carbons (Fsp3) is 0.222. The highest BCUT2D eigenvalue weighted by Gasteiger charge is 2.46. The average molecular weight is 783 g/mol. The molecule has 288 valence electrons. The minimum absolute atomic E-state index is 0.0127. The van der Waals surface area contributed by atoms with Crippen LogP contribution in [0.4, 0.5) is 11.4 Å². The number of anilines is 2. The Labute approximate surface area is 350 Å². The molecule has 5 heteroatoms. The maximum atomic E-state index is 7.25. The summed E-state index contributed by atoms with van der Waals surface area (Å²) in [6.45, 7) is 20.8. The van der Waals surface area contributed by atoms with Crippen molar-refractivity contribution in [3.8, 4) is 16.8 Å². The van der Waals surface area contributed by atoms with Crippen LogP contribution < -0.4 is 15.7 Å². The number of para-hydroxylation sites is 1. The van der Waals surface area contributed by atoms with Crippen molar-refractivity contribution >= 4 is 104 Å². The monoisotopic (exact) mass is 782 g/mol. The molecule has 0 aliphatic carbocycles. The normalized spacial score (nSPS) is 14.1. The Bertz CT molecular complexity index is 3450. The van der Waals surface area contributed by atoms with Gasteiger partial charge in [-0.2, -0.15) is 0 Å². The zero-order chi connectivity index (χ0) is 40.5. The molecule has 2 aliphatic heterocycles. The van der Waals surface area contributed by atoms with Crippen LogP contribution in [0.5, 0.6) is 0 Å². The highest BCUT2D eigenvalue weighted by atomic mass is 32.1. The van der Waals surface area contributed by atoms with Crippen molar-refractivity contribution in [2.45, 2.75) is 78.6 Å². The number of rotatable bonds is 1. The molecule has 12 rings (SSSR count). The molecule has 0 atom stereocenters. The van der Waals surface area contributed by atoms with Gasteiger partial charge >= 0.3 is 6.85 Å². The molecule has 0 spiro atoms. The minimum atomic E-state index is -0.114. The third-order valence-electron chi connectivity index (χ3n) is 13.4. The summed E-state index contributed by atoms with van der Waals surface area (Å²) in [5.41, 5.74) is 17.2. The molecule has 0 bridgehead atoms. The van der Waals surface area contributed by atoms with Gasteiger partial charge in [0.25, 0.3) is 0 Å². The van der Waals surface area contributed by atoms with Crippen LogP contribution in [0.2, 0.25) is 0 Å². The summed E-state index contributed by atoms with van der Waals surface area (Å²) >= 11 is 1.89. The van der Waals surface area contributed by atoms with E-state index in [9.17, 15) is 0 Å². The Kier molecular flexibility index (Phi) is 6.85. The maximum absolute atomic E-state index is 7.25. The summed E-state index contributed by atoms with van der Waals surface area (Å²) in [6, 6.07) is 46.5. The fourth-order valence-corrected chi connectivity index (χ4v) is 11.5. The van der Waals surface area contributed by atoms with Crippen molar-refractivity contribution in [1.29, 1.82) is 0 Å². The van der Waals surface area contributed by atoms with Crippen molar-refractivity contribution in [2.75, 3.05) is 4.81 Å². The maximum Gasteiger partial charge on any atom is 0.333 e. The quantitative estimate of drug-likeness (QED) is 0.155. The molecule has 0 fully saturated rings. The second-order valence-corrected chi connectivity index (χ2v) is 21.3. The molecule has 59 heavy (non-hydrogen) atoms. The molecule has 10 aromatic rings. The van der Waals surface area contributed by atoms with Gasteiger partial charge in [-0.1, -0.05) is 129 Å². The van der Waals surface area contributed by atoms with Crippen molar-refractivity contribution in [3.63, 3.8) is 0 Å². The lowest BCUT2D eigenvalue weighted by Gasteiger charge is -2.42. The van der Waals surface area contributed by atoms with Gasteiger partial charge < -0.3 is 13.8 Å². The van der Waals surface area contributed by atoms with Crippen LogP contribution in [0, 0.1) is 0 Å². The van der Waals surface area contributed by atoms with Gasteiger partial charge in [-0.25, -0.2) is 0 Å². The van der Waals surface area contributed by atoms with E-state index in [-0.39, 0.29) is 23.1 Å². The number of aromatic nitrogens is 1. The molecular weight excluding hydrogens is 735 g/mol. The van der Waals surface area contributed by atoms with E-state index < -0.39 is 0 Å². The molecule has 3 aromatic heterocycles. The van der Waals surface area contributed by atoms with Crippen molar-refractivity contribution in [1.82, 2.24) is 4.57 Å². The molecule has 0 N–H and O–H groups in total. The van der Waals surface area contributed by atoms with E-state index in [1.807, 2.05) is 11.3 Å². The lowest BCUT2D eigenvalue weighted by Crippen LogP contribution is -2.60. The Hall–Kier alpha value is -5.78. The highest BCUT2D eigenvalue weighted by molar-refractivity contribution is 7.25. The van der Waals surface area contributed by atoms with E-state index in [1.165, 1.54) is 109 Å². The second kappa shape index (κ2) is 11.5. The number of furan rings is 1. The van der Waals surface area contributed by atoms with Crippen molar-refractivity contribution in [2.24, 2.45) is 0 Å². The molecule has 0 saturated heterocycles. The number of fused-ring (bicyclic) bond motifs is 16. The van der Waals surface area contributed by atoms with E-state index in [1.54, 1.807) is 0 Å². The van der Waals surface area contributed by atoms with Crippen molar-refractivity contribution < 1.29 is 4.42 Å². The summed E-state index contributed by atoms with van der Waals surface area (Å²) in [7, 11) is 0. The highest BCUT2D eigenvalue weighted by Crippen LogP contribution is 2.53. The van der Waals surface area contributed by atoms with E-state index >= 15 is 0 Å². The lowest BCUT2D eigenvalue weighted by molar-refractivity contribution is 0.590. The summed E-state index contributed by atoms with van der Waals surface area (Å²) in [5.74, 6) is 0. The smallest absolute Gasteiger partial charge is 0.333 e. The van der Waals surface area contributed by atoms with Crippen LogP contribution in [-0.4, -0.2) is 11.4 Å². The average Bonchev–Trinajstić information content (AvgIpc) is 3.87. The first kappa shape index (κ1) is 35.2. The Morgan fingerprint density at radius 1 is 0.542 bits per heavy atom. The van der Waals surface area contributed by atoms with Crippen LogP contribution in [0.1, 0.15) is 79.0 Å². The molecule has 0 amide bonds. The van der Waals surface area contributed by atoms with Gasteiger partial charge in [-0.15, -0.1) is 11.3 Å². The van der Waals surface area contributed by atoms with Gasteiger partial charge in [-0.05, 0) is 98.5 Å². The summed E-state index contributed by atoms with van der Waals surface area (Å²) in [6.07, 6.45) is 0. The molecule has 0 radical (unpaired) electrons. The van der Waals surface area contributed by atoms with Crippen LogP contribution in [0.25, 0.3) is 80.7 Å². The van der Waals surface area contributed by atoms with Gasteiger partial charge in [0.1, 0.15) is 11.2 Å². The van der Waals surface area contributed by atoms with E-state index in [0.717, 1.165) is 11.2 Å². The third kappa shape index (κ3) is 4.77. The number of thiophene rings is 1. The third-order valence-corrected chi connectivity index (χ3v) is 14.6. The Morgan fingerprint density at radius 2 is 1.20 bits per heavy atom. The van der Waals surface area contributed by atoms with E-state index in [2.05, 4.69) is 193 Å². The van der Waals surface area contributed by atoms with Gasteiger partial charge in [0, 0.05) is 69.9 Å². The van der Waals surface area contributed by atoms with E-state index in [4.69, 9.17) is 4.42 Å². The van der Waals surface area contributed by atoms with Crippen LogP contribution in [-0.2, 0) is 16.2 Å². The Balaban J connectivity index is 1.34. The lowest BCUT2D eigenvalue weighted by atomic mass is 9.43. The first-order valence-electron chi connectivity index (χ1n) is 21.1. The number of nitrogens with zero attached hydrogens (tertiary/aromatic N) is 2. The molecule has 5 heterocycles. The summed E-state index contributed by atoms with van der Waals surface area (Å²) in [5, 5.41) is 7.56. The first-order valence-corrected chi connectivity index (χ1v) is 21.9. The standard InChI is InChI=1S/C54H47BN2OS/c1-52(2,3)30-18-22-33(23-19-30)57-42-28-36-34-14-11-13-17-44(34)59-45(36)29-38(42)48-49-50-46(47-35-15-10-12-16-43(35)58-51(47)48)37-26-31(53(4,5)6)20-24-40(37)56(50)41-25-21-32(54(7,8)9)27-39(41)55(49)57/h10-29H,1-9H3. The van der Waals surface area contributed by atoms with Crippen LogP contribution >= 0.6 is 11.3 Å². The SMILES string of the molecule is CC(C)(C)c1ccc(N2B3c4cc(C(C)(C)C)ccc4-n4c5ccc(C(C)(C)C)cc5c5c6c(oc7ccccc76)c(c3c54)-c3cc4sc5ccccc5c4cc32)cc1. The topological polar surface area (TPSA) is 21.3 Å². The second-order valence-electron chi connectivity index (χ2n) is 20.2. The number of hydrogen-bond donors (Lipinski definition) is 0. The zero-order valence-electron chi connectivity index (χ0n) is 35.3. The van der Waals surface area contributed by atoms with Gasteiger partial charge in [0.15, 0.2) is 0 Å². The molecule has 0 saturated carbocycles. The van der Waals surface area contributed by atoms with Crippen LogP contribution in [0.3, 0.4) is 0 Å². The van der Waals surface area contributed by atoms with Crippen molar-refractivity contribution in [3.05, 3.63) is 138 Å². The summed E-state index contributed by atoms with van der Waals surface area (Å²) in [4.78, 5) is 2.68. The molecule has 2 aliphatic rings. The minimum Gasteiger partial charge on any atom is -0.455 e. The van der Waals surface area contributed by atoms with Crippen LogP contribution in [0.15, 0.2) is 126 Å². The largest absolute Gasteiger partial charge is 0.455 e. The molecular formula is C54H47BN2OS. The molecule has 0 unspecified atom stereocenters. The fourth-order valence-electron chi connectivity index (χ4n) is 10.3. The Morgan fingerprint density at radius 3 is 1.95 bits per heavy atom. The molecule has 7 aromatic carbocycles. The number of benzene rings is 7. The van der Waals surface area contributed by atoms with Gasteiger partial charge in [0.2, 0.25) is 0 Å². The van der Waals surface area contributed by atoms with Gasteiger partial charge in [0.05, 0.1) is 11.0 Å². The zero-order valence-corrected chi connectivity index (χ0v) is 36.2. The predicted octanol–water partition coefficient (Wildman–Crippen LogP) is 14.2. The first-order chi connectivity index (χ1) is 28.2. The van der Waals surface area contributed by atoms with Gasteiger partial charge in [-0.3, -0.25) is 0 Å². The number of hydrogen-bond acceptors (Lipinski definition) is 3. The van der Waals surface area contributed by atoms with E-state index in [0.29, 0.717) is 0 Å². The predicted molar refractivity (Wildman–Crippen MR) is 256 cm³/mol. The summed E-state index contributed by atoms with van der Waals surface area (Å²) < 4.78 is 12.5. The molecule has 3 nitrogen and oxygen atoms in total.